The fourth-order valence-corrected chi connectivity index (χ4v) is 4.80. The zero-order valence-corrected chi connectivity index (χ0v) is 20.1. The lowest BCUT2D eigenvalue weighted by Gasteiger charge is -2.43. The maximum Gasteiger partial charge on any atom is 0.416 e. The van der Waals surface area contributed by atoms with E-state index in [0.717, 1.165) is 12.1 Å². The first-order chi connectivity index (χ1) is 16.3. The van der Waals surface area contributed by atoms with Crippen molar-refractivity contribution in [3.63, 3.8) is 0 Å². The molecule has 0 amide bonds. The largest absolute Gasteiger partial charge is 0.416 e. The molecular formula is C27H31F6NO. The van der Waals surface area contributed by atoms with Gasteiger partial charge in [-0.3, -0.25) is 9.69 Å². The molecule has 192 valence electrons. The van der Waals surface area contributed by atoms with Gasteiger partial charge in [0.1, 0.15) is 11.8 Å². The molecule has 0 saturated carbocycles. The summed E-state index contributed by atoms with van der Waals surface area (Å²) in [5.74, 6) is 0.132. The summed E-state index contributed by atoms with van der Waals surface area (Å²) in [5.41, 5.74) is 1.63. The zero-order valence-electron chi connectivity index (χ0n) is 20.1. The molecule has 0 radical (unpaired) electrons. The van der Waals surface area contributed by atoms with E-state index in [9.17, 15) is 31.1 Å². The fraction of sp³-hybridized carbons (Fsp3) is 0.519. The van der Waals surface area contributed by atoms with E-state index in [1.54, 1.807) is 18.2 Å². The second-order valence-corrected chi connectivity index (χ2v) is 9.84. The SMILES string of the molecule is CC(=O)Cc1cc(-c2ccc(C(F)(F)F)cc2)cc(C2CCCC(C(F)(F)F)N2CCC(C)C)c1. The Morgan fingerprint density at radius 2 is 1.63 bits per heavy atom. The van der Waals surface area contributed by atoms with Crippen LogP contribution in [0.5, 0.6) is 0 Å². The highest BCUT2D eigenvalue weighted by Crippen LogP contribution is 2.42. The lowest BCUT2D eigenvalue weighted by atomic mass is 9.87. The number of piperidine rings is 1. The Morgan fingerprint density at radius 3 is 2.17 bits per heavy atom. The highest BCUT2D eigenvalue weighted by molar-refractivity contribution is 5.79. The summed E-state index contributed by atoms with van der Waals surface area (Å²) in [7, 11) is 0. The van der Waals surface area contributed by atoms with Gasteiger partial charge in [-0.25, -0.2) is 0 Å². The average Bonchev–Trinajstić information content (AvgIpc) is 2.75. The van der Waals surface area contributed by atoms with E-state index in [1.165, 1.54) is 24.0 Å². The molecule has 3 rings (SSSR count). The van der Waals surface area contributed by atoms with Crippen molar-refractivity contribution in [2.75, 3.05) is 6.54 Å². The van der Waals surface area contributed by atoms with E-state index < -0.39 is 30.0 Å². The number of carbonyl (C=O) groups excluding carboxylic acids is 1. The van der Waals surface area contributed by atoms with E-state index >= 15 is 0 Å². The number of hydrogen-bond acceptors (Lipinski definition) is 2. The fourth-order valence-electron chi connectivity index (χ4n) is 4.80. The Labute approximate surface area is 202 Å². The average molecular weight is 500 g/mol. The molecule has 35 heavy (non-hydrogen) atoms. The molecule has 1 heterocycles. The number of Topliss-reactive ketones (excluding diaryl/α,β-unsaturated/α-hetero) is 1. The quantitative estimate of drug-likeness (QED) is 0.360. The summed E-state index contributed by atoms with van der Waals surface area (Å²) in [6, 6.07) is 7.92. The lowest BCUT2D eigenvalue weighted by Crippen LogP contribution is -2.50. The number of carbonyl (C=O) groups is 1. The first kappa shape index (κ1) is 27.2. The number of alkyl halides is 6. The summed E-state index contributed by atoms with van der Waals surface area (Å²) in [6.07, 6.45) is -7.11. The maximum atomic E-state index is 14.0. The second-order valence-electron chi connectivity index (χ2n) is 9.84. The Kier molecular flexibility index (Phi) is 8.35. The number of nitrogens with zero attached hydrogens (tertiary/aromatic N) is 1. The van der Waals surface area contributed by atoms with Crippen molar-refractivity contribution >= 4 is 5.78 Å². The Balaban J connectivity index is 2.06. The molecule has 2 unspecified atom stereocenters. The first-order valence-corrected chi connectivity index (χ1v) is 11.9. The third-order valence-corrected chi connectivity index (χ3v) is 6.50. The van der Waals surface area contributed by atoms with Gasteiger partial charge in [-0.15, -0.1) is 0 Å². The lowest BCUT2D eigenvalue weighted by molar-refractivity contribution is -0.200. The Morgan fingerprint density at radius 1 is 0.971 bits per heavy atom. The van der Waals surface area contributed by atoms with Crippen LogP contribution >= 0.6 is 0 Å². The smallest absolute Gasteiger partial charge is 0.300 e. The molecule has 0 spiro atoms. The number of halogens is 6. The number of benzene rings is 2. The van der Waals surface area contributed by atoms with Gasteiger partial charge >= 0.3 is 12.4 Å². The predicted octanol–water partition coefficient (Wildman–Crippen LogP) is 8.01. The molecule has 2 aromatic rings. The van der Waals surface area contributed by atoms with Crippen LogP contribution in [0, 0.1) is 5.92 Å². The van der Waals surface area contributed by atoms with Gasteiger partial charge in [0.05, 0.1) is 5.56 Å². The van der Waals surface area contributed by atoms with Crippen molar-refractivity contribution in [1.29, 1.82) is 0 Å². The summed E-state index contributed by atoms with van der Waals surface area (Å²) < 4.78 is 80.9. The van der Waals surface area contributed by atoms with E-state index in [2.05, 4.69) is 0 Å². The molecule has 0 bridgehead atoms. The predicted molar refractivity (Wildman–Crippen MR) is 124 cm³/mol. The van der Waals surface area contributed by atoms with E-state index in [1.807, 2.05) is 13.8 Å². The van der Waals surface area contributed by atoms with E-state index in [0.29, 0.717) is 48.1 Å². The van der Waals surface area contributed by atoms with Gasteiger partial charge in [0.15, 0.2) is 0 Å². The van der Waals surface area contributed by atoms with Gasteiger partial charge in [0.25, 0.3) is 0 Å². The minimum absolute atomic E-state index is 0.0387. The van der Waals surface area contributed by atoms with Gasteiger partial charge in [0.2, 0.25) is 0 Å². The summed E-state index contributed by atoms with van der Waals surface area (Å²) in [5, 5.41) is 0. The molecule has 1 aliphatic heterocycles. The van der Waals surface area contributed by atoms with Crippen molar-refractivity contribution in [3.05, 3.63) is 59.2 Å². The monoisotopic (exact) mass is 499 g/mol. The number of ketones is 1. The van der Waals surface area contributed by atoms with Gasteiger partial charge in [-0.2, -0.15) is 26.3 Å². The minimum atomic E-state index is -4.47. The molecule has 2 atom stereocenters. The van der Waals surface area contributed by atoms with Crippen LogP contribution < -0.4 is 0 Å². The third kappa shape index (κ3) is 7.09. The molecule has 8 heteroatoms. The highest BCUT2D eigenvalue weighted by atomic mass is 19.4. The number of rotatable bonds is 7. The summed E-state index contributed by atoms with van der Waals surface area (Å²) >= 11 is 0. The number of likely N-dealkylation sites (tertiary alicyclic amines) is 1. The van der Waals surface area contributed by atoms with Crippen LogP contribution in [0.2, 0.25) is 0 Å². The van der Waals surface area contributed by atoms with Crippen LogP contribution in [0.25, 0.3) is 11.1 Å². The first-order valence-electron chi connectivity index (χ1n) is 11.9. The standard InChI is InChI=1S/C27H31F6NO/c1-17(2)11-12-34-24(5-4-6-25(34)27(31,32)33)22-15-19(13-18(3)35)14-21(16-22)20-7-9-23(10-8-20)26(28,29)30/h7-10,14-17,24-25H,4-6,11-13H2,1-3H3. The molecule has 0 N–H and O–H groups in total. The van der Waals surface area contributed by atoms with Crippen molar-refractivity contribution < 1.29 is 31.1 Å². The molecular weight excluding hydrogens is 468 g/mol. The second kappa shape index (κ2) is 10.7. The third-order valence-electron chi connectivity index (χ3n) is 6.50. The molecule has 2 nitrogen and oxygen atoms in total. The van der Waals surface area contributed by atoms with Crippen LogP contribution in [0.4, 0.5) is 26.3 Å². The number of hydrogen-bond donors (Lipinski definition) is 0. The van der Waals surface area contributed by atoms with E-state index in [4.69, 9.17) is 0 Å². The van der Waals surface area contributed by atoms with Crippen LogP contribution in [-0.4, -0.2) is 29.4 Å². The van der Waals surface area contributed by atoms with Crippen molar-refractivity contribution in [2.45, 2.75) is 77.3 Å². The zero-order chi connectivity index (χ0) is 26.0. The van der Waals surface area contributed by atoms with Gasteiger partial charge in [-0.05, 0) is 85.5 Å². The van der Waals surface area contributed by atoms with Gasteiger partial charge in [0, 0.05) is 12.5 Å². The molecule has 1 aliphatic rings. The Bertz CT molecular complexity index is 1010. The molecule has 1 saturated heterocycles. The molecule has 2 aromatic carbocycles. The normalized spacial score (nSPS) is 19.8. The van der Waals surface area contributed by atoms with Crippen molar-refractivity contribution in [3.8, 4) is 11.1 Å². The van der Waals surface area contributed by atoms with Crippen molar-refractivity contribution in [2.24, 2.45) is 5.92 Å². The van der Waals surface area contributed by atoms with E-state index in [-0.39, 0.29) is 24.5 Å². The van der Waals surface area contributed by atoms with Crippen LogP contribution in [0.3, 0.4) is 0 Å². The topological polar surface area (TPSA) is 20.3 Å². The van der Waals surface area contributed by atoms with Crippen LogP contribution in [0.1, 0.15) is 69.2 Å². The minimum Gasteiger partial charge on any atom is -0.300 e. The van der Waals surface area contributed by atoms with Gasteiger partial charge < -0.3 is 0 Å². The van der Waals surface area contributed by atoms with Crippen molar-refractivity contribution in [1.82, 2.24) is 4.90 Å². The van der Waals surface area contributed by atoms with Crippen LogP contribution in [-0.2, 0) is 17.4 Å². The molecule has 0 aliphatic carbocycles. The Hall–Kier alpha value is -2.35. The summed E-state index contributed by atoms with van der Waals surface area (Å²) in [4.78, 5) is 13.4. The maximum absolute atomic E-state index is 14.0. The molecule has 0 aromatic heterocycles. The highest BCUT2D eigenvalue weighted by Gasteiger charge is 2.47. The van der Waals surface area contributed by atoms with Gasteiger partial charge in [-0.1, -0.05) is 38.1 Å². The summed E-state index contributed by atoms with van der Waals surface area (Å²) in [6.45, 7) is 5.66. The molecule has 1 fully saturated rings. The van der Waals surface area contributed by atoms with Crippen LogP contribution in [0.15, 0.2) is 42.5 Å².